The zero-order valence-corrected chi connectivity index (χ0v) is 12.0. The molecular weight excluding hydrogens is 244 g/mol. The Morgan fingerprint density at radius 3 is 2.26 bits per heavy atom. The van der Waals surface area contributed by atoms with E-state index in [1.165, 1.54) is 6.42 Å². The Kier molecular flexibility index (Phi) is 8.26. The summed E-state index contributed by atoms with van der Waals surface area (Å²) in [6.45, 7) is 2.64. The highest BCUT2D eigenvalue weighted by molar-refractivity contribution is 5.70. The zero-order valence-electron chi connectivity index (χ0n) is 12.0. The molecule has 0 aliphatic heterocycles. The van der Waals surface area contributed by atoms with E-state index in [2.05, 4.69) is 6.92 Å². The molecule has 0 aromatic rings. The van der Waals surface area contributed by atoms with Crippen molar-refractivity contribution in [3.63, 3.8) is 0 Å². The molecule has 0 spiro atoms. The van der Waals surface area contributed by atoms with Crippen LogP contribution in [0.4, 0.5) is 0 Å². The minimum absolute atomic E-state index is 0.124. The summed E-state index contributed by atoms with van der Waals surface area (Å²) in [7, 11) is 0. The summed E-state index contributed by atoms with van der Waals surface area (Å²) in [5, 5.41) is 0. The van der Waals surface area contributed by atoms with E-state index in [0.29, 0.717) is 32.3 Å². The van der Waals surface area contributed by atoms with Crippen LogP contribution in [0.1, 0.15) is 71.1 Å². The van der Waals surface area contributed by atoms with Gasteiger partial charge in [-0.25, -0.2) is 0 Å². The maximum Gasteiger partial charge on any atom is 0.306 e. The van der Waals surface area contributed by atoms with E-state index in [9.17, 15) is 9.59 Å². The second-order valence-corrected chi connectivity index (χ2v) is 5.18. The van der Waals surface area contributed by atoms with Crippen LogP contribution >= 0.6 is 0 Å². The molecule has 1 aliphatic rings. The molecule has 0 aromatic carbocycles. The standard InChI is InChI=1S/C15H26O4/c1-2-3-6-12-18-14(16)10-4-5-11-15(17)19-13-8-7-9-13/h13H,2-12H2,1H3. The summed E-state index contributed by atoms with van der Waals surface area (Å²) in [4.78, 5) is 22.7. The van der Waals surface area contributed by atoms with Crippen LogP contribution in [0, 0.1) is 0 Å². The largest absolute Gasteiger partial charge is 0.466 e. The Bertz CT molecular complexity index is 271. The predicted molar refractivity (Wildman–Crippen MR) is 72.7 cm³/mol. The van der Waals surface area contributed by atoms with Gasteiger partial charge in [0.05, 0.1) is 6.61 Å². The first kappa shape index (κ1) is 16.0. The van der Waals surface area contributed by atoms with Crippen molar-refractivity contribution in [3.05, 3.63) is 0 Å². The maximum atomic E-state index is 11.4. The van der Waals surface area contributed by atoms with E-state index < -0.39 is 0 Å². The lowest BCUT2D eigenvalue weighted by molar-refractivity contribution is -0.153. The van der Waals surface area contributed by atoms with Gasteiger partial charge < -0.3 is 9.47 Å². The van der Waals surface area contributed by atoms with Gasteiger partial charge in [0, 0.05) is 12.8 Å². The number of hydrogen-bond donors (Lipinski definition) is 0. The van der Waals surface area contributed by atoms with E-state index in [-0.39, 0.29) is 18.0 Å². The Morgan fingerprint density at radius 2 is 1.68 bits per heavy atom. The lowest BCUT2D eigenvalue weighted by Gasteiger charge is -2.25. The van der Waals surface area contributed by atoms with Crippen LogP contribution in [0.15, 0.2) is 0 Å². The molecule has 0 saturated heterocycles. The van der Waals surface area contributed by atoms with Crippen molar-refractivity contribution < 1.29 is 19.1 Å². The van der Waals surface area contributed by atoms with E-state index in [1.54, 1.807) is 0 Å². The van der Waals surface area contributed by atoms with Crippen molar-refractivity contribution in [1.29, 1.82) is 0 Å². The first-order chi connectivity index (χ1) is 9.22. The summed E-state index contributed by atoms with van der Waals surface area (Å²) in [5.74, 6) is -0.274. The molecule has 1 fully saturated rings. The molecule has 0 amide bonds. The minimum atomic E-state index is -0.150. The number of rotatable bonds is 10. The molecule has 1 rings (SSSR count). The van der Waals surface area contributed by atoms with Crippen LogP contribution in [0.3, 0.4) is 0 Å². The SMILES string of the molecule is CCCCCOC(=O)CCCCC(=O)OC1CCC1. The molecular formula is C15H26O4. The third-order valence-electron chi connectivity index (χ3n) is 3.37. The third kappa shape index (κ3) is 7.85. The topological polar surface area (TPSA) is 52.6 Å². The van der Waals surface area contributed by atoms with Gasteiger partial charge in [0.15, 0.2) is 0 Å². The molecule has 19 heavy (non-hydrogen) atoms. The number of esters is 2. The first-order valence-corrected chi connectivity index (χ1v) is 7.57. The number of ether oxygens (including phenoxy) is 2. The highest BCUT2D eigenvalue weighted by Crippen LogP contribution is 2.22. The fourth-order valence-corrected chi connectivity index (χ4v) is 1.88. The summed E-state index contributed by atoms with van der Waals surface area (Å²) in [6.07, 6.45) is 8.74. The van der Waals surface area contributed by atoms with Crippen LogP contribution in [0.2, 0.25) is 0 Å². The van der Waals surface area contributed by atoms with Crippen molar-refractivity contribution >= 4 is 11.9 Å². The number of carbonyl (C=O) groups is 2. The molecule has 4 heteroatoms. The zero-order chi connectivity index (χ0) is 13.9. The normalized spacial score (nSPS) is 14.8. The molecule has 0 atom stereocenters. The number of unbranched alkanes of at least 4 members (excludes halogenated alkanes) is 3. The van der Waals surface area contributed by atoms with Gasteiger partial charge in [-0.05, 0) is 38.5 Å². The summed E-state index contributed by atoms with van der Waals surface area (Å²) < 4.78 is 10.3. The summed E-state index contributed by atoms with van der Waals surface area (Å²) in [6, 6.07) is 0. The highest BCUT2D eigenvalue weighted by Gasteiger charge is 2.21. The molecule has 0 bridgehead atoms. The Hall–Kier alpha value is -1.06. The molecule has 4 nitrogen and oxygen atoms in total. The van der Waals surface area contributed by atoms with Gasteiger partial charge in [-0.2, -0.15) is 0 Å². The Balaban J connectivity index is 1.88. The van der Waals surface area contributed by atoms with Crippen LogP contribution < -0.4 is 0 Å². The lowest BCUT2D eigenvalue weighted by atomic mass is 9.96. The Morgan fingerprint density at radius 1 is 1.00 bits per heavy atom. The third-order valence-corrected chi connectivity index (χ3v) is 3.37. The van der Waals surface area contributed by atoms with Crippen molar-refractivity contribution in [3.8, 4) is 0 Å². The second-order valence-electron chi connectivity index (χ2n) is 5.18. The monoisotopic (exact) mass is 270 g/mol. The first-order valence-electron chi connectivity index (χ1n) is 7.57. The molecule has 0 unspecified atom stereocenters. The van der Waals surface area contributed by atoms with Crippen molar-refractivity contribution in [2.45, 2.75) is 77.2 Å². The molecule has 0 aromatic heterocycles. The van der Waals surface area contributed by atoms with E-state index in [1.807, 2.05) is 0 Å². The van der Waals surface area contributed by atoms with Gasteiger partial charge in [-0.3, -0.25) is 9.59 Å². The van der Waals surface area contributed by atoms with Crippen molar-refractivity contribution in [2.75, 3.05) is 6.61 Å². The molecule has 0 heterocycles. The van der Waals surface area contributed by atoms with E-state index in [0.717, 1.165) is 32.1 Å². The van der Waals surface area contributed by atoms with E-state index >= 15 is 0 Å². The van der Waals surface area contributed by atoms with Crippen LogP contribution in [0.25, 0.3) is 0 Å². The molecule has 1 saturated carbocycles. The minimum Gasteiger partial charge on any atom is -0.466 e. The highest BCUT2D eigenvalue weighted by atomic mass is 16.5. The molecule has 0 N–H and O–H groups in total. The number of carbonyl (C=O) groups excluding carboxylic acids is 2. The average molecular weight is 270 g/mol. The lowest BCUT2D eigenvalue weighted by Crippen LogP contribution is -2.24. The number of hydrogen-bond acceptors (Lipinski definition) is 4. The predicted octanol–water partition coefficient (Wildman–Crippen LogP) is 3.38. The van der Waals surface area contributed by atoms with Gasteiger partial charge in [0.25, 0.3) is 0 Å². The summed E-state index contributed by atoms with van der Waals surface area (Å²) >= 11 is 0. The molecule has 110 valence electrons. The van der Waals surface area contributed by atoms with Crippen LogP contribution in [0.5, 0.6) is 0 Å². The Labute approximate surface area is 115 Å². The van der Waals surface area contributed by atoms with Crippen LogP contribution in [-0.4, -0.2) is 24.6 Å². The maximum absolute atomic E-state index is 11.4. The summed E-state index contributed by atoms with van der Waals surface area (Å²) in [5.41, 5.74) is 0. The van der Waals surface area contributed by atoms with Gasteiger partial charge in [0.1, 0.15) is 6.10 Å². The fourth-order valence-electron chi connectivity index (χ4n) is 1.88. The smallest absolute Gasteiger partial charge is 0.306 e. The van der Waals surface area contributed by atoms with Gasteiger partial charge in [-0.1, -0.05) is 19.8 Å². The van der Waals surface area contributed by atoms with Gasteiger partial charge >= 0.3 is 11.9 Å². The van der Waals surface area contributed by atoms with Gasteiger partial charge in [-0.15, -0.1) is 0 Å². The van der Waals surface area contributed by atoms with Crippen LogP contribution in [-0.2, 0) is 19.1 Å². The fraction of sp³-hybridized carbons (Fsp3) is 0.867. The van der Waals surface area contributed by atoms with Crippen molar-refractivity contribution in [1.82, 2.24) is 0 Å². The van der Waals surface area contributed by atoms with Crippen molar-refractivity contribution in [2.24, 2.45) is 0 Å². The second kappa shape index (κ2) is 9.82. The van der Waals surface area contributed by atoms with Gasteiger partial charge in [0.2, 0.25) is 0 Å². The molecule has 0 radical (unpaired) electrons. The quantitative estimate of drug-likeness (QED) is 0.451. The average Bonchev–Trinajstić information content (AvgIpc) is 2.35. The molecule has 1 aliphatic carbocycles. The van der Waals surface area contributed by atoms with E-state index in [4.69, 9.17) is 9.47 Å².